The zero-order chi connectivity index (χ0) is 12.0. The van der Waals surface area contributed by atoms with Crippen molar-refractivity contribution in [1.29, 1.82) is 0 Å². The standard InChI is InChI=1S/C13H19Cl2N/c1-3-4-5-6-7-16-13-9-11(14)10(2)8-12(13)15/h8-9,16H,3-7H2,1-2H3. The molecule has 0 amide bonds. The van der Waals surface area contributed by atoms with E-state index in [1.807, 2.05) is 19.1 Å². The Morgan fingerprint density at radius 3 is 2.50 bits per heavy atom. The third kappa shape index (κ3) is 4.23. The van der Waals surface area contributed by atoms with Crippen molar-refractivity contribution >= 4 is 28.9 Å². The van der Waals surface area contributed by atoms with E-state index in [4.69, 9.17) is 23.2 Å². The Morgan fingerprint density at radius 2 is 1.81 bits per heavy atom. The van der Waals surface area contributed by atoms with Crippen LogP contribution in [0.2, 0.25) is 10.0 Å². The molecule has 0 aliphatic carbocycles. The van der Waals surface area contributed by atoms with Gasteiger partial charge in [0.05, 0.1) is 10.7 Å². The van der Waals surface area contributed by atoms with Gasteiger partial charge in [0.1, 0.15) is 0 Å². The van der Waals surface area contributed by atoms with Crippen LogP contribution in [0.15, 0.2) is 12.1 Å². The van der Waals surface area contributed by atoms with Crippen LogP contribution >= 0.6 is 23.2 Å². The summed E-state index contributed by atoms with van der Waals surface area (Å²) in [5, 5.41) is 4.84. The van der Waals surface area contributed by atoms with Crippen molar-refractivity contribution in [3.05, 3.63) is 27.7 Å². The average Bonchev–Trinajstić information content (AvgIpc) is 2.25. The molecule has 0 aliphatic rings. The maximum absolute atomic E-state index is 6.12. The van der Waals surface area contributed by atoms with Crippen LogP contribution in [0.5, 0.6) is 0 Å². The molecule has 0 aliphatic heterocycles. The monoisotopic (exact) mass is 259 g/mol. The zero-order valence-electron chi connectivity index (χ0n) is 9.95. The molecule has 0 heterocycles. The molecule has 0 fully saturated rings. The maximum atomic E-state index is 6.12. The summed E-state index contributed by atoms with van der Waals surface area (Å²) in [5.74, 6) is 0. The van der Waals surface area contributed by atoms with E-state index >= 15 is 0 Å². The quantitative estimate of drug-likeness (QED) is 0.685. The minimum Gasteiger partial charge on any atom is -0.384 e. The van der Waals surface area contributed by atoms with E-state index in [9.17, 15) is 0 Å². The summed E-state index contributed by atoms with van der Waals surface area (Å²) >= 11 is 12.2. The van der Waals surface area contributed by atoms with E-state index < -0.39 is 0 Å². The van der Waals surface area contributed by atoms with Crippen molar-refractivity contribution in [2.75, 3.05) is 11.9 Å². The minimum absolute atomic E-state index is 0.748. The van der Waals surface area contributed by atoms with E-state index in [1.54, 1.807) is 0 Å². The van der Waals surface area contributed by atoms with Crippen molar-refractivity contribution in [3.8, 4) is 0 Å². The lowest BCUT2D eigenvalue weighted by Crippen LogP contribution is -2.02. The molecule has 1 N–H and O–H groups in total. The molecule has 16 heavy (non-hydrogen) atoms. The number of rotatable bonds is 6. The SMILES string of the molecule is CCCCCCNc1cc(Cl)c(C)cc1Cl. The molecule has 0 saturated heterocycles. The van der Waals surface area contributed by atoms with Gasteiger partial charge in [0.2, 0.25) is 0 Å². The lowest BCUT2D eigenvalue weighted by atomic mass is 10.2. The average molecular weight is 260 g/mol. The Kier molecular flexibility index (Phi) is 6.00. The fourth-order valence-electron chi connectivity index (χ4n) is 1.56. The molecule has 0 radical (unpaired) electrons. The van der Waals surface area contributed by atoms with Gasteiger partial charge in [0, 0.05) is 11.6 Å². The number of unbranched alkanes of at least 4 members (excludes halogenated alkanes) is 3. The third-order valence-corrected chi connectivity index (χ3v) is 3.31. The molecular formula is C13H19Cl2N. The van der Waals surface area contributed by atoms with Crippen molar-refractivity contribution in [2.24, 2.45) is 0 Å². The molecule has 90 valence electrons. The lowest BCUT2D eigenvalue weighted by Gasteiger charge is -2.10. The summed E-state index contributed by atoms with van der Waals surface area (Å²) in [4.78, 5) is 0. The Morgan fingerprint density at radius 1 is 1.06 bits per heavy atom. The van der Waals surface area contributed by atoms with Gasteiger partial charge in [0.15, 0.2) is 0 Å². The first kappa shape index (κ1) is 13.7. The summed E-state index contributed by atoms with van der Waals surface area (Å²) in [6, 6.07) is 3.80. The van der Waals surface area contributed by atoms with E-state index in [-0.39, 0.29) is 0 Å². The molecule has 0 atom stereocenters. The van der Waals surface area contributed by atoms with Crippen LogP contribution in [0.25, 0.3) is 0 Å². The summed E-state index contributed by atoms with van der Waals surface area (Å²) in [6.07, 6.45) is 5.00. The first-order valence-corrected chi connectivity index (χ1v) is 6.60. The van der Waals surface area contributed by atoms with Crippen LogP contribution < -0.4 is 5.32 Å². The summed E-state index contributed by atoms with van der Waals surface area (Å²) in [5.41, 5.74) is 1.96. The lowest BCUT2D eigenvalue weighted by molar-refractivity contribution is 0.685. The molecule has 0 bridgehead atoms. The first-order chi connectivity index (χ1) is 7.65. The van der Waals surface area contributed by atoms with Gasteiger partial charge in [-0.15, -0.1) is 0 Å². The number of anilines is 1. The van der Waals surface area contributed by atoms with Gasteiger partial charge >= 0.3 is 0 Å². The zero-order valence-corrected chi connectivity index (χ0v) is 11.5. The van der Waals surface area contributed by atoms with Crippen molar-refractivity contribution < 1.29 is 0 Å². The van der Waals surface area contributed by atoms with Crippen LogP contribution in [0.3, 0.4) is 0 Å². The highest BCUT2D eigenvalue weighted by atomic mass is 35.5. The molecule has 1 rings (SSSR count). The number of halogens is 2. The van der Waals surface area contributed by atoms with Crippen LogP contribution in [-0.2, 0) is 0 Å². The Bertz CT molecular complexity index is 337. The second-order valence-electron chi connectivity index (χ2n) is 4.07. The normalized spacial score (nSPS) is 10.5. The van der Waals surface area contributed by atoms with Gasteiger partial charge in [-0.1, -0.05) is 49.4 Å². The predicted molar refractivity (Wildman–Crippen MR) is 73.8 cm³/mol. The Hall–Kier alpha value is -0.400. The van der Waals surface area contributed by atoms with Crippen molar-refractivity contribution in [2.45, 2.75) is 39.5 Å². The minimum atomic E-state index is 0.748. The summed E-state index contributed by atoms with van der Waals surface area (Å²) < 4.78 is 0. The number of nitrogens with one attached hydrogen (secondary N) is 1. The second-order valence-corrected chi connectivity index (χ2v) is 4.88. The molecule has 3 heteroatoms. The molecule has 0 saturated carbocycles. The molecule has 1 aromatic rings. The number of aryl methyl sites for hydroxylation is 1. The summed E-state index contributed by atoms with van der Waals surface area (Å²) in [6.45, 7) is 5.13. The van der Waals surface area contributed by atoms with Crippen molar-refractivity contribution in [1.82, 2.24) is 0 Å². The van der Waals surface area contributed by atoms with Gasteiger partial charge < -0.3 is 5.32 Å². The number of hydrogen-bond donors (Lipinski definition) is 1. The molecule has 0 unspecified atom stereocenters. The van der Waals surface area contributed by atoms with E-state index in [0.717, 1.165) is 27.8 Å². The van der Waals surface area contributed by atoms with Gasteiger partial charge in [-0.25, -0.2) is 0 Å². The van der Waals surface area contributed by atoms with Gasteiger partial charge in [0.25, 0.3) is 0 Å². The highest BCUT2D eigenvalue weighted by Crippen LogP contribution is 2.28. The fourth-order valence-corrected chi connectivity index (χ4v) is 2.01. The summed E-state index contributed by atoms with van der Waals surface area (Å²) in [7, 11) is 0. The van der Waals surface area contributed by atoms with Crippen LogP contribution in [0, 0.1) is 6.92 Å². The Balaban J connectivity index is 2.45. The van der Waals surface area contributed by atoms with E-state index in [0.29, 0.717) is 0 Å². The van der Waals surface area contributed by atoms with Gasteiger partial charge in [-0.2, -0.15) is 0 Å². The topological polar surface area (TPSA) is 12.0 Å². The van der Waals surface area contributed by atoms with E-state index in [2.05, 4.69) is 12.2 Å². The maximum Gasteiger partial charge on any atom is 0.0641 e. The fraction of sp³-hybridized carbons (Fsp3) is 0.538. The first-order valence-electron chi connectivity index (χ1n) is 5.84. The van der Waals surface area contributed by atoms with Crippen LogP contribution in [0.4, 0.5) is 5.69 Å². The number of benzene rings is 1. The van der Waals surface area contributed by atoms with Gasteiger partial charge in [-0.05, 0) is 31.0 Å². The second kappa shape index (κ2) is 7.03. The van der Waals surface area contributed by atoms with E-state index in [1.165, 1.54) is 25.7 Å². The molecule has 0 spiro atoms. The molecular weight excluding hydrogens is 241 g/mol. The number of hydrogen-bond acceptors (Lipinski definition) is 1. The van der Waals surface area contributed by atoms with Crippen LogP contribution in [0.1, 0.15) is 38.2 Å². The van der Waals surface area contributed by atoms with Gasteiger partial charge in [-0.3, -0.25) is 0 Å². The third-order valence-electron chi connectivity index (χ3n) is 2.59. The van der Waals surface area contributed by atoms with Crippen LogP contribution in [-0.4, -0.2) is 6.54 Å². The highest BCUT2D eigenvalue weighted by molar-refractivity contribution is 6.35. The smallest absolute Gasteiger partial charge is 0.0641 e. The molecule has 1 aromatic carbocycles. The predicted octanol–water partition coefficient (Wildman–Crippen LogP) is 5.29. The molecule has 0 aromatic heterocycles. The highest BCUT2D eigenvalue weighted by Gasteiger charge is 2.03. The largest absolute Gasteiger partial charge is 0.384 e. The Labute approximate surface area is 108 Å². The van der Waals surface area contributed by atoms with Crippen molar-refractivity contribution in [3.63, 3.8) is 0 Å². The molecule has 1 nitrogen and oxygen atoms in total.